The first-order valence-electron chi connectivity index (χ1n) is 15.9. The molecule has 47 heavy (non-hydrogen) atoms. The first-order chi connectivity index (χ1) is 23.3. The molecule has 0 spiro atoms. The highest BCUT2D eigenvalue weighted by Gasteiger charge is 2.20. The van der Waals surface area contributed by atoms with Crippen LogP contribution in [-0.2, 0) is 0 Å². The lowest BCUT2D eigenvalue weighted by molar-refractivity contribution is 0.671. The number of aromatic nitrogens is 1. The molecule has 0 amide bonds. The molecule has 0 atom stereocenters. The zero-order valence-corrected chi connectivity index (χ0v) is 26.2. The number of furan rings is 1. The Morgan fingerprint density at radius 3 is 1.85 bits per heavy atom. The van der Waals surface area contributed by atoms with Crippen molar-refractivity contribution in [2.24, 2.45) is 0 Å². The van der Waals surface area contributed by atoms with Gasteiger partial charge in [0.15, 0.2) is 0 Å². The maximum absolute atomic E-state index is 6.83. The van der Waals surface area contributed by atoms with Gasteiger partial charge in [-0.3, -0.25) is 0 Å². The van der Waals surface area contributed by atoms with E-state index in [-0.39, 0.29) is 0 Å². The molecule has 0 saturated carbocycles. The molecule has 10 rings (SSSR count). The van der Waals surface area contributed by atoms with Crippen LogP contribution in [0.1, 0.15) is 0 Å². The largest absolute Gasteiger partial charge is 0.455 e. The van der Waals surface area contributed by atoms with Gasteiger partial charge in [0, 0.05) is 43.1 Å². The van der Waals surface area contributed by atoms with Crippen LogP contribution in [-0.4, -0.2) is 4.57 Å². The minimum Gasteiger partial charge on any atom is -0.455 e. The summed E-state index contributed by atoms with van der Waals surface area (Å²) in [5, 5.41) is 4.83. The van der Waals surface area contributed by atoms with Gasteiger partial charge in [-0.2, -0.15) is 0 Å². The van der Waals surface area contributed by atoms with Gasteiger partial charge in [-0.25, -0.2) is 0 Å². The third-order valence-corrected chi connectivity index (χ3v) is 10.6. The number of hydrogen-bond donors (Lipinski definition) is 0. The third kappa shape index (κ3) is 3.97. The molecule has 220 valence electrons. The molecule has 10 aromatic rings. The highest BCUT2D eigenvalue weighted by Crippen LogP contribution is 2.46. The lowest BCUT2D eigenvalue weighted by atomic mass is 9.93. The van der Waals surface area contributed by atoms with Crippen LogP contribution in [0, 0.1) is 0 Å². The molecule has 0 aliphatic heterocycles. The predicted molar refractivity (Wildman–Crippen MR) is 200 cm³/mol. The van der Waals surface area contributed by atoms with E-state index in [9.17, 15) is 0 Å². The van der Waals surface area contributed by atoms with Crippen molar-refractivity contribution in [1.82, 2.24) is 4.57 Å². The van der Waals surface area contributed by atoms with Crippen molar-refractivity contribution in [2.75, 3.05) is 0 Å². The minimum atomic E-state index is 0.918. The summed E-state index contributed by atoms with van der Waals surface area (Å²) in [4.78, 5) is 0. The summed E-state index contributed by atoms with van der Waals surface area (Å²) in [6.07, 6.45) is 0. The second-order valence-electron chi connectivity index (χ2n) is 12.1. The highest BCUT2D eigenvalue weighted by atomic mass is 32.1. The van der Waals surface area contributed by atoms with Crippen molar-refractivity contribution in [3.05, 3.63) is 164 Å². The number of benzene rings is 7. The average Bonchev–Trinajstić information content (AvgIpc) is 3.81. The molecule has 0 aliphatic rings. The van der Waals surface area contributed by atoms with Gasteiger partial charge < -0.3 is 8.98 Å². The van der Waals surface area contributed by atoms with Crippen LogP contribution in [0.15, 0.2) is 168 Å². The molecule has 0 N–H and O–H groups in total. The number of rotatable bonds is 4. The van der Waals surface area contributed by atoms with Crippen LogP contribution >= 0.6 is 11.3 Å². The quantitative estimate of drug-likeness (QED) is 0.192. The fourth-order valence-electron chi connectivity index (χ4n) is 7.33. The molecular weight excluding hydrogens is 591 g/mol. The van der Waals surface area contributed by atoms with Crippen LogP contribution in [0.3, 0.4) is 0 Å². The summed E-state index contributed by atoms with van der Waals surface area (Å²) in [6, 6.07) is 58.7. The van der Waals surface area contributed by atoms with E-state index in [1.165, 1.54) is 48.0 Å². The van der Waals surface area contributed by atoms with E-state index in [1.54, 1.807) is 0 Å². The summed E-state index contributed by atoms with van der Waals surface area (Å²) in [6.45, 7) is 0. The molecule has 0 aliphatic carbocycles. The third-order valence-electron chi connectivity index (χ3n) is 9.43. The monoisotopic (exact) mass is 617 g/mol. The van der Waals surface area contributed by atoms with Gasteiger partial charge in [-0.15, -0.1) is 11.3 Å². The second-order valence-corrected chi connectivity index (χ2v) is 13.1. The van der Waals surface area contributed by atoms with Crippen LogP contribution in [0.2, 0.25) is 0 Å². The van der Waals surface area contributed by atoms with Gasteiger partial charge in [0.05, 0.1) is 15.7 Å². The first kappa shape index (κ1) is 26.3. The van der Waals surface area contributed by atoms with Crippen molar-refractivity contribution in [3.63, 3.8) is 0 Å². The maximum atomic E-state index is 6.83. The van der Waals surface area contributed by atoms with Crippen molar-refractivity contribution >= 4 is 64.5 Å². The Bertz CT molecular complexity index is 2780. The minimum absolute atomic E-state index is 0.918. The number of para-hydroxylation sites is 4. The summed E-state index contributed by atoms with van der Waals surface area (Å²) in [7, 11) is 0. The SMILES string of the molecule is c1ccc(-c2cccc3c2oc2c(-c4ccccc4-c4ccc5sc6c7ccccc7n(-c7ccccc7)c6c5c4)cccc23)cc1. The number of hydrogen-bond acceptors (Lipinski definition) is 2. The van der Waals surface area contributed by atoms with E-state index < -0.39 is 0 Å². The summed E-state index contributed by atoms with van der Waals surface area (Å²) in [5.74, 6) is 0. The van der Waals surface area contributed by atoms with Crippen molar-refractivity contribution in [3.8, 4) is 39.1 Å². The predicted octanol–water partition coefficient (Wildman–Crippen LogP) is 12.9. The highest BCUT2D eigenvalue weighted by molar-refractivity contribution is 7.26. The molecule has 0 unspecified atom stereocenters. The van der Waals surface area contributed by atoms with Gasteiger partial charge in [0.25, 0.3) is 0 Å². The zero-order chi connectivity index (χ0) is 30.9. The van der Waals surface area contributed by atoms with Gasteiger partial charge in [0.1, 0.15) is 11.2 Å². The number of fused-ring (bicyclic) bond motifs is 8. The Labute approximate surface area is 275 Å². The van der Waals surface area contributed by atoms with Crippen LogP contribution in [0.4, 0.5) is 0 Å². The van der Waals surface area contributed by atoms with E-state index in [0.717, 1.165) is 44.2 Å². The van der Waals surface area contributed by atoms with E-state index in [1.807, 2.05) is 11.3 Å². The molecular formula is C44H27NOS. The molecule has 0 saturated heterocycles. The van der Waals surface area contributed by atoms with Gasteiger partial charge in [0.2, 0.25) is 0 Å². The molecule has 0 fully saturated rings. The molecule has 0 bridgehead atoms. The average molecular weight is 618 g/mol. The lowest BCUT2D eigenvalue weighted by Crippen LogP contribution is -1.93. The summed E-state index contributed by atoms with van der Waals surface area (Å²) >= 11 is 1.88. The Morgan fingerprint density at radius 1 is 0.426 bits per heavy atom. The van der Waals surface area contributed by atoms with E-state index in [0.29, 0.717) is 0 Å². The lowest BCUT2D eigenvalue weighted by Gasteiger charge is -2.12. The molecule has 3 heterocycles. The zero-order valence-electron chi connectivity index (χ0n) is 25.4. The van der Waals surface area contributed by atoms with E-state index in [4.69, 9.17) is 4.42 Å². The second kappa shape index (κ2) is 10.3. The summed E-state index contributed by atoms with van der Waals surface area (Å²) < 4.78 is 11.9. The Morgan fingerprint density at radius 2 is 1.04 bits per heavy atom. The van der Waals surface area contributed by atoms with Crippen molar-refractivity contribution in [1.29, 1.82) is 0 Å². The van der Waals surface area contributed by atoms with Gasteiger partial charge in [-0.1, -0.05) is 133 Å². The topological polar surface area (TPSA) is 18.1 Å². The van der Waals surface area contributed by atoms with Gasteiger partial charge >= 0.3 is 0 Å². The smallest absolute Gasteiger partial charge is 0.143 e. The van der Waals surface area contributed by atoms with Crippen LogP contribution < -0.4 is 0 Å². The summed E-state index contributed by atoms with van der Waals surface area (Å²) in [5.41, 5.74) is 12.4. The molecule has 2 nitrogen and oxygen atoms in total. The molecule has 7 aromatic carbocycles. The van der Waals surface area contributed by atoms with E-state index >= 15 is 0 Å². The van der Waals surface area contributed by atoms with Crippen LogP contribution in [0.25, 0.3) is 92.2 Å². The molecule has 3 heteroatoms. The Balaban J connectivity index is 1.20. The number of nitrogens with zero attached hydrogens (tertiary/aromatic N) is 1. The fourth-order valence-corrected chi connectivity index (χ4v) is 8.53. The fraction of sp³-hybridized carbons (Fsp3) is 0. The van der Waals surface area contributed by atoms with Gasteiger partial charge in [-0.05, 0) is 52.6 Å². The van der Waals surface area contributed by atoms with Crippen molar-refractivity contribution < 1.29 is 4.42 Å². The number of thiophene rings is 1. The normalized spacial score (nSPS) is 11.8. The Hall–Kier alpha value is -5.90. The van der Waals surface area contributed by atoms with Crippen LogP contribution in [0.5, 0.6) is 0 Å². The van der Waals surface area contributed by atoms with Crippen molar-refractivity contribution in [2.45, 2.75) is 0 Å². The Kier molecular flexibility index (Phi) is 5.78. The molecule has 3 aromatic heterocycles. The standard InChI is InChI=1S/C44H27NOS/c1-3-13-28(14-4-1)32-20-11-22-35-36-23-12-21-34(43(36)46-42(32)35)33-18-8-7-17-31(33)29-25-26-40-38(27-29)41-44(47-40)37-19-9-10-24-39(37)45(41)30-15-5-2-6-16-30/h1-27H. The molecule has 0 radical (unpaired) electrons. The van der Waals surface area contributed by atoms with E-state index in [2.05, 4.69) is 168 Å². The maximum Gasteiger partial charge on any atom is 0.143 e. The first-order valence-corrected chi connectivity index (χ1v) is 16.8.